The van der Waals surface area contributed by atoms with Crippen LogP contribution in [0.5, 0.6) is 11.5 Å². The van der Waals surface area contributed by atoms with Gasteiger partial charge < -0.3 is 14.4 Å². The van der Waals surface area contributed by atoms with Crippen molar-refractivity contribution in [3.05, 3.63) is 35.2 Å². The maximum Gasteiger partial charge on any atom is 0.246 e. The molecule has 31 heavy (non-hydrogen) atoms. The van der Waals surface area contributed by atoms with E-state index in [1.807, 2.05) is 23.1 Å². The van der Waals surface area contributed by atoms with E-state index in [1.54, 1.807) is 13.8 Å². The van der Waals surface area contributed by atoms with E-state index in [0.29, 0.717) is 36.9 Å². The minimum atomic E-state index is -3.64. The van der Waals surface area contributed by atoms with Crippen LogP contribution in [0.4, 0.5) is 0 Å². The summed E-state index contributed by atoms with van der Waals surface area (Å²) in [6.45, 7) is 5.04. The van der Waals surface area contributed by atoms with Crippen LogP contribution in [0, 0.1) is 13.8 Å². The Morgan fingerprint density at radius 2 is 1.90 bits per heavy atom. The number of likely N-dealkylation sites (tertiary alicyclic amines) is 1. The van der Waals surface area contributed by atoms with Crippen molar-refractivity contribution in [2.45, 2.75) is 44.2 Å². The van der Waals surface area contributed by atoms with Gasteiger partial charge in [0.1, 0.15) is 24.7 Å². The standard InChI is InChI=1S/C21H28N4O5S/c1-14-21(31(27,28)23(3)4)15(2)25(22-14)13-20(26)24-9-5-6-17(24)16-7-8-18-19(12-16)30-11-10-29-18/h7-8,12,17H,5-6,9-11,13H2,1-4H3/t17-/m0/s1. The minimum Gasteiger partial charge on any atom is -0.486 e. The Morgan fingerprint density at radius 3 is 2.61 bits per heavy atom. The number of aromatic nitrogens is 2. The molecule has 0 saturated carbocycles. The fraction of sp³-hybridized carbons (Fsp3) is 0.524. The van der Waals surface area contributed by atoms with Gasteiger partial charge in [-0.2, -0.15) is 5.10 Å². The van der Waals surface area contributed by atoms with Crippen LogP contribution in [0.1, 0.15) is 35.8 Å². The maximum atomic E-state index is 13.2. The van der Waals surface area contributed by atoms with Crippen LogP contribution in [-0.4, -0.2) is 67.2 Å². The van der Waals surface area contributed by atoms with Crippen LogP contribution < -0.4 is 9.47 Å². The van der Waals surface area contributed by atoms with Gasteiger partial charge in [-0.1, -0.05) is 6.07 Å². The van der Waals surface area contributed by atoms with Gasteiger partial charge in [-0.15, -0.1) is 0 Å². The van der Waals surface area contributed by atoms with Crippen LogP contribution in [-0.2, 0) is 21.4 Å². The van der Waals surface area contributed by atoms with Crippen molar-refractivity contribution >= 4 is 15.9 Å². The van der Waals surface area contributed by atoms with Crippen molar-refractivity contribution in [2.24, 2.45) is 0 Å². The maximum absolute atomic E-state index is 13.2. The van der Waals surface area contributed by atoms with Gasteiger partial charge in [0.15, 0.2) is 11.5 Å². The Labute approximate surface area is 182 Å². The number of carbonyl (C=O) groups excluding carboxylic acids is 1. The summed E-state index contributed by atoms with van der Waals surface area (Å²) in [5.41, 5.74) is 1.87. The van der Waals surface area contributed by atoms with Gasteiger partial charge in [0.25, 0.3) is 0 Å². The summed E-state index contributed by atoms with van der Waals surface area (Å²) in [7, 11) is -0.665. The fourth-order valence-electron chi connectivity index (χ4n) is 4.29. The zero-order valence-electron chi connectivity index (χ0n) is 18.3. The summed E-state index contributed by atoms with van der Waals surface area (Å²) in [6.07, 6.45) is 1.77. The lowest BCUT2D eigenvalue weighted by atomic mass is 10.0. The summed E-state index contributed by atoms with van der Waals surface area (Å²) in [6, 6.07) is 5.78. The minimum absolute atomic E-state index is 0.00330. The molecule has 10 heteroatoms. The highest BCUT2D eigenvalue weighted by atomic mass is 32.2. The number of carbonyl (C=O) groups is 1. The van der Waals surface area contributed by atoms with Gasteiger partial charge >= 0.3 is 0 Å². The molecule has 1 fully saturated rings. The second kappa shape index (κ2) is 8.16. The zero-order chi connectivity index (χ0) is 22.3. The number of sulfonamides is 1. The monoisotopic (exact) mass is 448 g/mol. The quantitative estimate of drug-likeness (QED) is 0.693. The summed E-state index contributed by atoms with van der Waals surface area (Å²) in [5.74, 6) is 1.35. The molecule has 0 radical (unpaired) electrons. The summed E-state index contributed by atoms with van der Waals surface area (Å²) in [5, 5.41) is 4.35. The van der Waals surface area contributed by atoms with E-state index in [-0.39, 0.29) is 23.4 Å². The summed E-state index contributed by atoms with van der Waals surface area (Å²) in [4.78, 5) is 15.2. The Balaban J connectivity index is 1.56. The second-order valence-corrected chi connectivity index (χ2v) is 10.2. The molecule has 1 aromatic carbocycles. The van der Waals surface area contributed by atoms with Crippen molar-refractivity contribution in [3.63, 3.8) is 0 Å². The third-order valence-electron chi connectivity index (χ3n) is 5.86. The predicted octanol–water partition coefficient (Wildman–Crippen LogP) is 1.89. The highest BCUT2D eigenvalue weighted by Gasteiger charge is 2.33. The lowest BCUT2D eigenvalue weighted by Gasteiger charge is -2.27. The number of rotatable bonds is 5. The van der Waals surface area contributed by atoms with Gasteiger partial charge in [0.05, 0.1) is 17.4 Å². The average Bonchev–Trinajstić information content (AvgIpc) is 3.32. The first-order valence-corrected chi connectivity index (χ1v) is 11.8. The summed E-state index contributed by atoms with van der Waals surface area (Å²) < 4.78 is 39.2. The molecule has 1 amide bonds. The third-order valence-corrected chi connectivity index (χ3v) is 7.93. The van der Waals surface area contributed by atoms with Crippen LogP contribution >= 0.6 is 0 Å². The molecule has 0 unspecified atom stereocenters. The van der Waals surface area contributed by atoms with Gasteiger partial charge in [-0.3, -0.25) is 9.48 Å². The number of ether oxygens (including phenoxy) is 2. The number of hydrogen-bond donors (Lipinski definition) is 0. The van der Waals surface area contributed by atoms with E-state index in [1.165, 1.54) is 18.8 Å². The molecular formula is C21H28N4O5S. The van der Waals surface area contributed by atoms with Crippen LogP contribution in [0.15, 0.2) is 23.1 Å². The molecule has 1 aromatic heterocycles. The fourth-order valence-corrected chi connectivity index (χ4v) is 5.55. The molecule has 9 nitrogen and oxygen atoms in total. The van der Waals surface area contributed by atoms with Gasteiger partial charge in [-0.25, -0.2) is 12.7 Å². The largest absolute Gasteiger partial charge is 0.486 e. The first-order valence-electron chi connectivity index (χ1n) is 10.4. The van der Waals surface area contributed by atoms with E-state index in [2.05, 4.69) is 5.10 Å². The highest BCUT2D eigenvalue weighted by Crippen LogP contribution is 2.38. The number of benzene rings is 1. The third kappa shape index (κ3) is 3.89. The topological polar surface area (TPSA) is 94.0 Å². The molecule has 0 aliphatic carbocycles. The molecule has 168 valence electrons. The predicted molar refractivity (Wildman–Crippen MR) is 114 cm³/mol. The number of hydrogen-bond acceptors (Lipinski definition) is 6. The number of fused-ring (bicyclic) bond motifs is 1. The van der Waals surface area contributed by atoms with Crippen molar-refractivity contribution in [3.8, 4) is 11.5 Å². The number of nitrogens with zero attached hydrogens (tertiary/aromatic N) is 4. The molecule has 2 aliphatic heterocycles. The molecular weight excluding hydrogens is 420 g/mol. The number of aryl methyl sites for hydroxylation is 1. The molecule has 0 N–H and O–H groups in total. The van der Waals surface area contributed by atoms with Crippen LogP contribution in [0.3, 0.4) is 0 Å². The van der Waals surface area contributed by atoms with Gasteiger partial charge in [0.2, 0.25) is 15.9 Å². The van der Waals surface area contributed by atoms with Crippen molar-refractivity contribution < 1.29 is 22.7 Å². The highest BCUT2D eigenvalue weighted by molar-refractivity contribution is 7.89. The van der Waals surface area contributed by atoms with Crippen molar-refractivity contribution in [1.29, 1.82) is 0 Å². The van der Waals surface area contributed by atoms with Crippen LogP contribution in [0.2, 0.25) is 0 Å². The molecule has 0 spiro atoms. The second-order valence-electron chi connectivity index (χ2n) is 8.09. The van der Waals surface area contributed by atoms with Gasteiger partial charge in [-0.05, 0) is 44.4 Å². The first-order chi connectivity index (χ1) is 14.7. The van der Waals surface area contributed by atoms with E-state index < -0.39 is 10.0 Å². The zero-order valence-corrected chi connectivity index (χ0v) is 19.1. The van der Waals surface area contributed by atoms with E-state index in [0.717, 1.165) is 28.5 Å². The summed E-state index contributed by atoms with van der Waals surface area (Å²) >= 11 is 0. The SMILES string of the molecule is Cc1nn(CC(=O)N2CCC[C@H]2c2ccc3c(c2)OCCO3)c(C)c1S(=O)(=O)N(C)C. The average molecular weight is 449 g/mol. The smallest absolute Gasteiger partial charge is 0.246 e. The van der Waals surface area contributed by atoms with Crippen molar-refractivity contribution in [1.82, 2.24) is 19.0 Å². The Morgan fingerprint density at radius 1 is 1.19 bits per heavy atom. The lowest BCUT2D eigenvalue weighted by Crippen LogP contribution is -2.34. The molecule has 0 bridgehead atoms. The van der Waals surface area contributed by atoms with Gasteiger partial charge in [0, 0.05) is 20.6 Å². The molecule has 2 aromatic rings. The van der Waals surface area contributed by atoms with E-state index >= 15 is 0 Å². The van der Waals surface area contributed by atoms with Crippen LogP contribution in [0.25, 0.3) is 0 Å². The molecule has 4 rings (SSSR count). The van der Waals surface area contributed by atoms with Crippen molar-refractivity contribution in [2.75, 3.05) is 33.9 Å². The first kappa shape index (κ1) is 21.6. The molecule has 2 aliphatic rings. The van der Waals surface area contributed by atoms with E-state index in [9.17, 15) is 13.2 Å². The van der Waals surface area contributed by atoms with E-state index in [4.69, 9.17) is 9.47 Å². The normalized spacial score (nSPS) is 18.6. The number of amides is 1. The molecule has 3 heterocycles. The Hall–Kier alpha value is -2.59. The lowest BCUT2D eigenvalue weighted by molar-refractivity contribution is -0.133. The molecule has 1 atom stereocenters. The molecule has 1 saturated heterocycles. The Bertz CT molecular complexity index is 1110. The Kier molecular flexibility index (Phi) is 5.69.